The molecule has 0 saturated carbocycles. The SMILES string of the molecule is N[C@@H]1C2CCCC(O2)[C@H]1O. The van der Waals surface area contributed by atoms with Crippen molar-refractivity contribution < 1.29 is 9.84 Å². The molecule has 2 bridgehead atoms. The van der Waals surface area contributed by atoms with Crippen LogP contribution >= 0.6 is 0 Å². The van der Waals surface area contributed by atoms with Crippen LogP contribution in [0.5, 0.6) is 0 Å². The van der Waals surface area contributed by atoms with Crippen LogP contribution in [0, 0.1) is 0 Å². The highest BCUT2D eigenvalue weighted by atomic mass is 16.5. The Morgan fingerprint density at radius 1 is 1.30 bits per heavy atom. The molecule has 58 valence electrons. The third kappa shape index (κ3) is 0.779. The molecule has 0 aromatic carbocycles. The highest BCUT2D eigenvalue weighted by Gasteiger charge is 2.43. The molecule has 3 N–H and O–H groups in total. The first-order chi connectivity index (χ1) is 4.79. The van der Waals surface area contributed by atoms with Crippen LogP contribution in [-0.4, -0.2) is 29.5 Å². The smallest absolute Gasteiger partial charge is 0.0977 e. The Morgan fingerprint density at radius 3 is 2.60 bits per heavy atom. The highest BCUT2D eigenvalue weighted by molar-refractivity contribution is 4.96. The van der Waals surface area contributed by atoms with Crippen molar-refractivity contribution in [1.29, 1.82) is 0 Å². The lowest BCUT2D eigenvalue weighted by molar-refractivity contribution is -0.0224. The molecule has 2 unspecified atom stereocenters. The third-order valence-corrected chi connectivity index (χ3v) is 2.53. The number of nitrogens with two attached hydrogens (primary N) is 1. The van der Waals surface area contributed by atoms with Gasteiger partial charge in [0.05, 0.1) is 24.4 Å². The van der Waals surface area contributed by atoms with Gasteiger partial charge < -0.3 is 15.6 Å². The van der Waals surface area contributed by atoms with Crippen molar-refractivity contribution in [2.24, 2.45) is 5.73 Å². The van der Waals surface area contributed by atoms with Crippen molar-refractivity contribution in [1.82, 2.24) is 0 Å². The van der Waals surface area contributed by atoms with Crippen LogP contribution in [0.3, 0.4) is 0 Å². The molecule has 3 heteroatoms. The van der Waals surface area contributed by atoms with E-state index >= 15 is 0 Å². The lowest BCUT2D eigenvalue weighted by Gasteiger charge is -2.19. The minimum absolute atomic E-state index is 0.0359. The summed E-state index contributed by atoms with van der Waals surface area (Å²) >= 11 is 0. The quantitative estimate of drug-likeness (QED) is 0.486. The molecule has 2 fully saturated rings. The minimum Gasteiger partial charge on any atom is -0.389 e. The van der Waals surface area contributed by atoms with E-state index in [4.69, 9.17) is 10.5 Å². The zero-order valence-electron chi connectivity index (χ0n) is 5.86. The molecular weight excluding hydrogens is 130 g/mol. The predicted molar refractivity (Wildman–Crippen MR) is 36.5 cm³/mol. The van der Waals surface area contributed by atoms with E-state index in [-0.39, 0.29) is 18.2 Å². The maximum atomic E-state index is 9.42. The Bertz CT molecular complexity index is 122. The van der Waals surface area contributed by atoms with Gasteiger partial charge in [-0.15, -0.1) is 0 Å². The largest absolute Gasteiger partial charge is 0.389 e. The summed E-state index contributed by atoms with van der Waals surface area (Å²) in [6.45, 7) is 0. The molecule has 3 nitrogen and oxygen atoms in total. The molecule has 4 atom stereocenters. The average Bonchev–Trinajstić information content (AvgIpc) is 2.17. The molecule has 2 aliphatic rings. The summed E-state index contributed by atoms with van der Waals surface area (Å²) in [5.74, 6) is 0. The molecule has 0 radical (unpaired) electrons. The fourth-order valence-electron chi connectivity index (χ4n) is 1.88. The predicted octanol–water partition coefficient (Wildman–Crippen LogP) is -0.374. The Labute approximate surface area is 60.2 Å². The molecule has 2 heterocycles. The number of rotatable bonds is 0. The Hall–Kier alpha value is -0.120. The van der Waals surface area contributed by atoms with Gasteiger partial charge in [-0.25, -0.2) is 0 Å². The van der Waals surface area contributed by atoms with Gasteiger partial charge in [-0.05, 0) is 19.3 Å². The van der Waals surface area contributed by atoms with Crippen molar-refractivity contribution in [2.75, 3.05) is 0 Å². The van der Waals surface area contributed by atoms with E-state index in [1.807, 2.05) is 0 Å². The monoisotopic (exact) mass is 143 g/mol. The van der Waals surface area contributed by atoms with E-state index in [1.165, 1.54) is 0 Å². The van der Waals surface area contributed by atoms with Crippen molar-refractivity contribution in [2.45, 2.75) is 43.6 Å². The number of fused-ring (bicyclic) bond motifs is 2. The average molecular weight is 143 g/mol. The van der Waals surface area contributed by atoms with Gasteiger partial charge in [0.2, 0.25) is 0 Å². The lowest BCUT2D eigenvalue weighted by atomic mass is 10.1. The molecule has 10 heavy (non-hydrogen) atoms. The Kier molecular flexibility index (Phi) is 1.44. The molecule has 0 aliphatic carbocycles. The normalized spacial score (nSPS) is 53.4. The molecule has 0 spiro atoms. The first kappa shape index (κ1) is 6.58. The van der Waals surface area contributed by atoms with Crippen LogP contribution in [0.15, 0.2) is 0 Å². The summed E-state index contributed by atoms with van der Waals surface area (Å²) in [6, 6.07) is -0.132. The fraction of sp³-hybridized carbons (Fsp3) is 1.00. The van der Waals surface area contributed by atoms with Gasteiger partial charge in [0, 0.05) is 0 Å². The Morgan fingerprint density at radius 2 is 2.00 bits per heavy atom. The number of aliphatic hydroxyl groups excluding tert-OH is 1. The number of aliphatic hydroxyl groups is 1. The second kappa shape index (κ2) is 2.19. The molecule has 0 aromatic rings. The fourth-order valence-corrected chi connectivity index (χ4v) is 1.88. The number of ether oxygens (including phenoxy) is 1. The van der Waals surface area contributed by atoms with Crippen LogP contribution in [0.1, 0.15) is 19.3 Å². The van der Waals surface area contributed by atoms with E-state index in [0.29, 0.717) is 0 Å². The molecule has 2 saturated heterocycles. The maximum Gasteiger partial charge on any atom is 0.0977 e. The van der Waals surface area contributed by atoms with E-state index in [0.717, 1.165) is 19.3 Å². The van der Waals surface area contributed by atoms with Crippen LogP contribution < -0.4 is 5.73 Å². The molecule has 0 amide bonds. The summed E-state index contributed by atoms with van der Waals surface area (Å²) in [5.41, 5.74) is 5.69. The van der Waals surface area contributed by atoms with Gasteiger partial charge in [-0.3, -0.25) is 0 Å². The van der Waals surface area contributed by atoms with E-state index in [2.05, 4.69) is 0 Å². The van der Waals surface area contributed by atoms with E-state index in [9.17, 15) is 5.11 Å². The van der Waals surface area contributed by atoms with Crippen LogP contribution in [0.4, 0.5) is 0 Å². The summed E-state index contributed by atoms with van der Waals surface area (Å²) in [4.78, 5) is 0. The van der Waals surface area contributed by atoms with E-state index in [1.54, 1.807) is 0 Å². The first-order valence-corrected chi connectivity index (χ1v) is 3.88. The summed E-state index contributed by atoms with van der Waals surface area (Å²) in [5, 5.41) is 9.42. The van der Waals surface area contributed by atoms with Crippen molar-refractivity contribution in [3.05, 3.63) is 0 Å². The highest BCUT2D eigenvalue weighted by Crippen LogP contribution is 2.31. The Balaban J connectivity index is 2.13. The van der Waals surface area contributed by atoms with Crippen LogP contribution in [0.25, 0.3) is 0 Å². The second-order valence-electron chi connectivity index (χ2n) is 3.21. The molecule has 2 rings (SSSR count). The van der Waals surface area contributed by atoms with Crippen molar-refractivity contribution in [3.8, 4) is 0 Å². The van der Waals surface area contributed by atoms with Gasteiger partial charge in [-0.1, -0.05) is 0 Å². The van der Waals surface area contributed by atoms with Crippen molar-refractivity contribution >= 4 is 0 Å². The van der Waals surface area contributed by atoms with Crippen LogP contribution in [-0.2, 0) is 4.74 Å². The van der Waals surface area contributed by atoms with Gasteiger partial charge in [-0.2, -0.15) is 0 Å². The lowest BCUT2D eigenvalue weighted by Crippen LogP contribution is -2.38. The van der Waals surface area contributed by atoms with Gasteiger partial charge >= 0.3 is 0 Å². The van der Waals surface area contributed by atoms with Crippen LogP contribution in [0.2, 0.25) is 0 Å². The number of hydrogen-bond donors (Lipinski definition) is 2. The van der Waals surface area contributed by atoms with Gasteiger partial charge in [0.1, 0.15) is 0 Å². The second-order valence-corrected chi connectivity index (χ2v) is 3.21. The summed E-state index contributed by atoms with van der Waals surface area (Å²) in [6.07, 6.45) is 2.91. The van der Waals surface area contributed by atoms with Crippen molar-refractivity contribution in [3.63, 3.8) is 0 Å². The molecular formula is C7H13NO2. The summed E-state index contributed by atoms with van der Waals surface area (Å²) in [7, 11) is 0. The molecule has 2 aliphatic heterocycles. The minimum atomic E-state index is -0.410. The van der Waals surface area contributed by atoms with Gasteiger partial charge in [0.15, 0.2) is 0 Å². The first-order valence-electron chi connectivity index (χ1n) is 3.88. The zero-order chi connectivity index (χ0) is 7.14. The van der Waals surface area contributed by atoms with Gasteiger partial charge in [0.25, 0.3) is 0 Å². The standard InChI is InChI=1S/C7H13NO2/c8-6-4-2-1-3-5(10-4)7(6)9/h4-7,9H,1-3,8H2/t4?,5?,6-,7-/m1/s1. The maximum absolute atomic E-state index is 9.42. The summed E-state index contributed by atoms with van der Waals surface area (Å²) < 4.78 is 5.45. The van der Waals surface area contributed by atoms with E-state index < -0.39 is 6.10 Å². The topological polar surface area (TPSA) is 55.5 Å². The zero-order valence-corrected chi connectivity index (χ0v) is 5.86. The number of hydrogen-bond acceptors (Lipinski definition) is 3. The molecule has 0 aromatic heterocycles. The third-order valence-electron chi connectivity index (χ3n) is 2.53.